The maximum atomic E-state index is 10.4. The van der Waals surface area contributed by atoms with E-state index in [1.807, 2.05) is 0 Å². The predicted molar refractivity (Wildman–Crippen MR) is 146 cm³/mol. The number of hydrogen-bond donors (Lipinski definition) is 2. The van der Waals surface area contributed by atoms with Gasteiger partial charge in [0.15, 0.2) is 0 Å². The third kappa shape index (κ3) is 3.98. The number of benzene rings is 1. The Labute approximate surface area is 218 Å². The number of nitrogens with zero attached hydrogens (tertiary/aromatic N) is 2. The summed E-state index contributed by atoms with van der Waals surface area (Å²) >= 11 is 0. The normalized spacial score (nSPS) is 39.9. The molecule has 1 aromatic carbocycles. The highest BCUT2D eigenvalue weighted by atomic mass is 16.3. The van der Waals surface area contributed by atoms with Crippen LogP contribution in [0.3, 0.4) is 0 Å². The first-order chi connectivity index (χ1) is 17.4. The molecule has 0 spiro atoms. The molecule has 0 radical (unpaired) electrons. The van der Waals surface area contributed by atoms with Gasteiger partial charge in [-0.3, -0.25) is 0 Å². The maximum absolute atomic E-state index is 10.4. The van der Waals surface area contributed by atoms with E-state index in [2.05, 4.69) is 67.3 Å². The summed E-state index contributed by atoms with van der Waals surface area (Å²) in [6.07, 6.45) is 14.8. The minimum atomic E-state index is -0.0520. The molecule has 4 fully saturated rings. The van der Waals surface area contributed by atoms with Crippen LogP contribution in [0, 0.1) is 34.5 Å². The molecule has 8 atom stereocenters. The van der Waals surface area contributed by atoms with Crippen LogP contribution in [0.2, 0.25) is 0 Å². The van der Waals surface area contributed by atoms with Crippen LogP contribution < -0.4 is 5.32 Å². The second-order valence-corrected chi connectivity index (χ2v) is 13.3. The van der Waals surface area contributed by atoms with E-state index in [-0.39, 0.29) is 6.10 Å². The zero-order valence-electron chi connectivity index (χ0n) is 22.8. The smallest absolute Gasteiger partial charge is 0.0710 e. The van der Waals surface area contributed by atoms with Crippen LogP contribution in [0.25, 0.3) is 5.69 Å². The van der Waals surface area contributed by atoms with E-state index in [0.29, 0.717) is 16.7 Å². The van der Waals surface area contributed by atoms with Gasteiger partial charge in [0, 0.05) is 24.2 Å². The van der Waals surface area contributed by atoms with Gasteiger partial charge in [0.05, 0.1) is 17.5 Å². The number of hydrogen-bond acceptors (Lipinski definition) is 3. The summed E-state index contributed by atoms with van der Waals surface area (Å²) in [4.78, 5) is 0. The van der Waals surface area contributed by atoms with Gasteiger partial charge in [-0.2, -0.15) is 5.10 Å². The summed E-state index contributed by atoms with van der Waals surface area (Å²) < 4.78 is 2.14. The number of rotatable bonds is 6. The molecular formula is C32H47N3O. The maximum Gasteiger partial charge on any atom is 0.0710 e. The summed E-state index contributed by atoms with van der Waals surface area (Å²) in [6.45, 7) is 9.45. The van der Waals surface area contributed by atoms with Crippen molar-refractivity contribution >= 4 is 0 Å². The van der Waals surface area contributed by atoms with E-state index >= 15 is 0 Å². The average molecular weight is 490 g/mol. The second kappa shape index (κ2) is 9.58. The number of aliphatic hydroxyl groups is 1. The average Bonchev–Trinajstić information content (AvgIpc) is 3.45. The summed E-state index contributed by atoms with van der Waals surface area (Å²) in [5.74, 6) is 3.84. The molecule has 0 aliphatic heterocycles. The highest BCUT2D eigenvalue weighted by Gasteiger charge is 2.60. The Balaban J connectivity index is 1.29. The molecule has 4 aliphatic rings. The van der Waals surface area contributed by atoms with E-state index in [9.17, 15) is 5.11 Å². The molecule has 4 nitrogen and oxygen atoms in total. The van der Waals surface area contributed by atoms with E-state index < -0.39 is 0 Å². The van der Waals surface area contributed by atoms with Gasteiger partial charge in [0.1, 0.15) is 0 Å². The molecule has 4 saturated carbocycles. The molecule has 1 unspecified atom stereocenters. The SMILES string of the molecule is CCCNCc1cn(-c2ccccc2)nc1[C@H]1CC[C@H]2[C@@H]3CCC4C[C@@H](O)CC[C@]4(C)[C@H]3CC[C@]12C. The Hall–Kier alpha value is -1.65. The third-order valence-corrected chi connectivity index (χ3v) is 11.6. The quantitative estimate of drug-likeness (QED) is 0.436. The fourth-order valence-electron chi connectivity index (χ4n) is 9.65. The van der Waals surface area contributed by atoms with Gasteiger partial charge in [0.25, 0.3) is 0 Å². The number of nitrogens with one attached hydrogen (secondary N) is 1. The van der Waals surface area contributed by atoms with Gasteiger partial charge < -0.3 is 10.4 Å². The van der Waals surface area contributed by atoms with Gasteiger partial charge in [-0.15, -0.1) is 0 Å². The van der Waals surface area contributed by atoms with Crippen LogP contribution in [-0.2, 0) is 6.54 Å². The molecular weight excluding hydrogens is 442 g/mol. The standard InChI is InChI=1S/C32H47N3O/c1-4-18-33-20-22-21-35(24-8-6-5-7-9-24)34-30(22)29-13-12-27-26-11-10-23-19-25(36)14-16-31(23,2)28(26)15-17-32(27,29)3/h5-9,21,23,25-29,33,36H,4,10-20H2,1-3H3/t23?,25-,26-,27-,28-,29+,31-,32-/m0/s1. The van der Waals surface area contributed by atoms with Gasteiger partial charge in [0.2, 0.25) is 0 Å². The number of aliphatic hydroxyl groups excluding tert-OH is 1. The first kappa shape index (κ1) is 24.7. The van der Waals surface area contributed by atoms with E-state index in [0.717, 1.165) is 61.7 Å². The van der Waals surface area contributed by atoms with Crippen LogP contribution in [0.1, 0.15) is 102 Å². The molecule has 4 aliphatic carbocycles. The summed E-state index contributed by atoms with van der Waals surface area (Å²) in [7, 11) is 0. The fourth-order valence-corrected chi connectivity index (χ4v) is 9.65. The largest absolute Gasteiger partial charge is 0.393 e. The van der Waals surface area contributed by atoms with Crippen molar-refractivity contribution in [3.8, 4) is 5.69 Å². The predicted octanol–water partition coefficient (Wildman–Crippen LogP) is 6.86. The molecule has 36 heavy (non-hydrogen) atoms. The topological polar surface area (TPSA) is 50.1 Å². The second-order valence-electron chi connectivity index (χ2n) is 13.3. The minimum absolute atomic E-state index is 0.0520. The Morgan fingerprint density at radius 2 is 1.75 bits per heavy atom. The van der Waals surface area contributed by atoms with E-state index in [1.165, 1.54) is 56.2 Å². The van der Waals surface area contributed by atoms with Crippen molar-refractivity contribution < 1.29 is 5.11 Å². The molecule has 0 bridgehead atoms. The van der Waals surface area contributed by atoms with Gasteiger partial charge in [-0.1, -0.05) is 39.0 Å². The Kier molecular flexibility index (Phi) is 6.57. The summed E-state index contributed by atoms with van der Waals surface area (Å²) in [5, 5.41) is 19.4. The monoisotopic (exact) mass is 489 g/mol. The Bertz CT molecular complexity index is 1050. The molecule has 2 aromatic rings. The molecule has 4 heteroatoms. The fraction of sp³-hybridized carbons (Fsp3) is 0.719. The Morgan fingerprint density at radius 3 is 2.56 bits per heavy atom. The molecule has 1 aromatic heterocycles. The molecule has 196 valence electrons. The van der Waals surface area contributed by atoms with Crippen LogP contribution in [0.5, 0.6) is 0 Å². The minimum Gasteiger partial charge on any atom is -0.393 e. The molecule has 6 rings (SSSR count). The van der Waals surface area contributed by atoms with Crippen molar-refractivity contribution in [1.29, 1.82) is 0 Å². The number of fused-ring (bicyclic) bond motifs is 5. The van der Waals surface area contributed by atoms with Crippen LogP contribution in [-0.4, -0.2) is 27.5 Å². The zero-order valence-corrected chi connectivity index (χ0v) is 22.8. The molecule has 0 amide bonds. The van der Waals surface area contributed by atoms with Crippen molar-refractivity contribution in [3.05, 3.63) is 47.8 Å². The molecule has 2 N–H and O–H groups in total. The van der Waals surface area contributed by atoms with Crippen LogP contribution in [0.15, 0.2) is 36.5 Å². The van der Waals surface area contributed by atoms with Crippen molar-refractivity contribution in [2.24, 2.45) is 34.5 Å². The lowest BCUT2D eigenvalue weighted by molar-refractivity contribution is -0.123. The first-order valence-corrected chi connectivity index (χ1v) is 15.0. The van der Waals surface area contributed by atoms with Crippen molar-refractivity contribution in [2.75, 3.05) is 6.54 Å². The Morgan fingerprint density at radius 1 is 0.972 bits per heavy atom. The summed E-state index contributed by atoms with van der Waals surface area (Å²) in [5.41, 5.74) is 4.74. The van der Waals surface area contributed by atoms with Gasteiger partial charge >= 0.3 is 0 Å². The van der Waals surface area contributed by atoms with E-state index in [4.69, 9.17) is 5.10 Å². The summed E-state index contributed by atoms with van der Waals surface area (Å²) in [6, 6.07) is 10.7. The highest BCUT2D eigenvalue weighted by Crippen LogP contribution is 2.69. The first-order valence-electron chi connectivity index (χ1n) is 15.0. The lowest BCUT2D eigenvalue weighted by Gasteiger charge is -2.61. The van der Waals surface area contributed by atoms with Crippen LogP contribution >= 0.6 is 0 Å². The van der Waals surface area contributed by atoms with Crippen molar-refractivity contribution in [2.45, 2.75) is 104 Å². The van der Waals surface area contributed by atoms with Crippen molar-refractivity contribution in [3.63, 3.8) is 0 Å². The van der Waals surface area contributed by atoms with Crippen LogP contribution in [0.4, 0.5) is 0 Å². The van der Waals surface area contributed by atoms with Crippen molar-refractivity contribution in [1.82, 2.24) is 15.1 Å². The lowest BCUT2D eigenvalue weighted by atomic mass is 9.44. The van der Waals surface area contributed by atoms with E-state index in [1.54, 1.807) is 0 Å². The van der Waals surface area contributed by atoms with Gasteiger partial charge in [-0.25, -0.2) is 4.68 Å². The number of para-hydroxylation sites is 1. The number of aromatic nitrogens is 2. The highest BCUT2D eigenvalue weighted by molar-refractivity contribution is 5.35. The molecule has 1 heterocycles. The van der Waals surface area contributed by atoms with Gasteiger partial charge in [-0.05, 0) is 117 Å². The molecule has 0 saturated heterocycles. The zero-order chi connectivity index (χ0) is 24.9. The lowest BCUT2D eigenvalue weighted by Crippen LogP contribution is -2.53. The third-order valence-electron chi connectivity index (χ3n) is 11.6.